The lowest BCUT2D eigenvalue weighted by molar-refractivity contribution is -0.125. The Morgan fingerprint density at radius 2 is 2.00 bits per heavy atom. The summed E-state index contributed by atoms with van der Waals surface area (Å²) in [7, 11) is 0. The van der Waals surface area contributed by atoms with E-state index in [9.17, 15) is 4.79 Å². The zero-order valence-corrected chi connectivity index (χ0v) is 14.7. The van der Waals surface area contributed by atoms with E-state index < -0.39 is 0 Å². The minimum Gasteiger partial charge on any atom is -0.356 e. The van der Waals surface area contributed by atoms with E-state index in [0.29, 0.717) is 5.92 Å². The van der Waals surface area contributed by atoms with Gasteiger partial charge in [0.15, 0.2) is 5.65 Å². The lowest BCUT2D eigenvalue weighted by Crippen LogP contribution is -2.44. The maximum Gasteiger partial charge on any atom is 0.224 e. The average Bonchev–Trinajstić information content (AvgIpc) is 3.16. The molecule has 6 nitrogen and oxygen atoms in total. The van der Waals surface area contributed by atoms with E-state index in [4.69, 9.17) is 0 Å². The predicted molar refractivity (Wildman–Crippen MR) is 97.5 cm³/mol. The number of nitrogens with one attached hydrogen (secondary N) is 1. The third-order valence-electron chi connectivity index (χ3n) is 5.68. The van der Waals surface area contributed by atoms with Crippen LogP contribution in [-0.2, 0) is 4.79 Å². The molecule has 1 atom stereocenters. The fourth-order valence-corrected chi connectivity index (χ4v) is 4.24. The smallest absolute Gasteiger partial charge is 0.224 e. The molecule has 1 amide bonds. The molecule has 1 aliphatic carbocycles. The molecule has 1 aliphatic heterocycles. The molecule has 6 heteroatoms. The molecular weight excluding hydrogens is 314 g/mol. The summed E-state index contributed by atoms with van der Waals surface area (Å²) in [6.45, 7) is 2.58. The Bertz CT molecular complexity index is 721. The fourth-order valence-electron chi connectivity index (χ4n) is 4.24. The first kappa shape index (κ1) is 16.4. The maximum absolute atomic E-state index is 12.7. The van der Waals surface area contributed by atoms with Gasteiger partial charge in [0.05, 0.1) is 12.1 Å². The van der Waals surface area contributed by atoms with Gasteiger partial charge < -0.3 is 10.2 Å². The Morgan fingerprint density at radius 1 is 1.12 bits per heavy atom. The van der Waals surface area contributed by atoms with Gasteiger partial charge in [-0.3, -0.25) is 4.79 Å². The van der Waals surface area contributed by atoms with Gasteiger partial charge in [-0.2, -0.15) is 9.61 Å². The van der Waals surface area contributed by atoms with E-state index in [1.807, 2.05) is 22.8 Å². The second kappa shape index (κ2) is 7.42. The number of nitrogens with zero attached hydrogens (tertiary/aromatic N) is 4. The van der Waals surface area contributed by atoms with Crippen LogP contribution in [0.2, 0.25) is 0 Å². The zero-order chi connectivity index (χ0) is 17.1. The van der Waals surface area contributed by atoms with Crippen LogP contribution in [0.1, 0.15) is 44.9 Å². The number of rotatable bonds is 4. The van der Waals surface area contributed by atoms with Crippen molar-refractivity contribution < 1.29 is 4.79 Å². The van der Waals surface area contributed by atoms with Crippen molar-refractivity contribution in [3.05, 3.63) is 24.5 Å². The molecule has 134 valence electrons. The molecule has 1 saturated heterocycles. The summed E-state index contributed by atoms with van der Waals surface area (Å²) >= 11 is 0. The van der Waals surface area contributed by atoms with Crippen LogP contribution >= 0.6 is 0 Å². The average molecular weight is 341 g/mol. The van der Waals surface area contributed by atoms with E-state index in [-0.39, 0.29) is 11.8 Å². The largest absolute Gasteiger partial charge is 0.356 e. The molecule has 2 fully saturated rings. The van der Waals surface area contributed by atoms with Gasteiger partial charge in [0.25, 0.3) is 0 Å². The number of carbonyl (C=O) groups is 1. The van der Waals surface area contributed by atoms with Gasteiger partial charge >= 0.3 is 0 Å². The third-order valence-corrected chi connectivity index (χ3v) is 5.68. The molecular formula is C19H27N5O. The standard InChI is InChI=1S/C19H27N5O/c25-19(21-13-15-5-2-1-3-6-15)16-7-4-12-23(14-16)18-9-10-20-17-8-11-22-24(17)18/h8-11,15-16H,1-7,12-14H2,(H,21,25). The van der Waals surface area contributed by atoms with E-state index >= 15 is 0 Å². The minimum atomic E-state index is 0.0659. The van der Waals surface area contributed by atoms with Crippen LogP contribution in [0.5, 0.6) is 0 Å². The van der Waals surface area contributed by atoms with Crippen molar-refractivity contribution in [1.29, 1.82) is 0 Å². The van der Waals surface area contributed by atoms with Crippen LogP contribution in [0, 0.1) is 11.8 Å². The van der Waals surface area contributed by atoms with Crippen LogP contribution in [-0.4, -0.2) is 40.1 Å². The highest BCUT2D eigenvalue weighted by Crippen LogP contribution is 2.25. The summed E-state index contributed by atoms with van der Waals surface area (Å²) < 4.78 is 1.86. The molecule has 1 unspecified atom stereocenters. The summed E-state index contributed by atoms with van der Waals surface area (Å²) in [5.74, 6) is 2.00. The molecule has 4 rings (SSSR count). The van der Waals surface area contributed by atoms with Gasteiger partial charge in [-0.15, -0.1) is 0 Å². The lowest BCUT2D eigenvalue weighted by atomic mass is 9.89. The highest BCUT2D eigenvalue weighted by atomic mass is 16.1. The van der Waals surface area contributed by atoms with E-state index in [2.05, 4.69) is 20.3 Å². The first-order valence-corrected chi connectivity index (χ1v) is 9.62. The number of carbonyl (C=O) groups excluding carboxylic acids is 1. The molecule has 0 bridgehead atoms. The summed E-state index contributed by atoms with van der Waals surface area (Å²) in [4.78, 5) is 19.3. The monoisotopic (exact) mass is 341 g/mol. The molecule has 1 N–H and O–H groups in total. The van der Waals surface area contributed by atoms with Gasteiger partial charge in [-0.1, -0.05) is 19.3 Å². The number of hydrogen-bond acceptors (Lipinski definition) is 4. The Morgan fingerprint density at radius 3 is 2.88 bits per heavy atom. The van der Waals surface area contributed by atoms with Crippen molar-refractivity contribution in [3.8, 4) is 0 Å². The van der Waals surface area contributed by atoms with Crippen LogP contribution < -0.4 is 10.2 Å². The molecule has 1 saturated carbocycles. The number of aromatic nitrogens is 3. The lowest BCUT2D eigenvalue weighted by Gasteiger charge is -2.34. The summed E-state index contributed by atoms with van der Waals surface area (Å²) in [6.07, 6.45) is 12.1. The molecule has 25 heavy (non-hydrogen) atoms. The molecule has 2 aromatic heterocycles. The SMILES string of the molecule is O=C(NCC1CCCCC1)C1CCCN(c2ccnc3ccnn23)C1. The first-order valence-electron chi connectivity index (χ1n) is 9.62. The first-order chi connectivity index (χ1) is 12.3. The summed E-state index contributed by atoms with van der Waals surface area (Å²) in [6, 6.07) is 3.89. The van der Waals surface area contributed by atoms with Gasteiger partial charge in [0.2, 0.25) is 5.91 Å². The molecule has 3 heterocycles. The Labute approximate surface area is 148 Å². The van der Waals surface area contributed by atoms with Gasteiger partial charge in [0, 0.05) is 31.9 Å². The van der Waals surface area contributed by atoms with Gasteiger partial charge in [0.1, 0.15) is 5.82 Å². The van der Waals surface area contributed by atoms with Crippen molar-refractivity contribution in [3.63, 3.8) is 0 Å². The van der Waals surface area contributed by atoms with Gasteiger partial charge in [-0.25, -0.2) is 4.98 Å². The van der Waals surface area contributed by atoms with Crippen LogP contribution in [0.25, 0.3) is 5.65 Å². The molecule has 0 spiro atoms. The Hall–Kier alpha value is -2.11. The molecule has 0 aromatic carbocycles. The second-order valence-electron chi connectivity index (χ2n) is 7.44. The zero-order valence-electron chi connectivity index (χ0n) is 14.7. The fraction of sp³-hybridized carbons (Fsp3) is 0.632. The van der Waals surface area contributed by atoms with Crippen molar-refractivity contribution in [2.45, 2.75) is 44.9 Å². The molecule has 2 aliphatic rings. The highest BCUT2D eigenvalue weighted by Gasteiger charge is 2.27. The van der Waals surface area contributed by atoms with E-state index in [0.717, 1.165) is 43.9 Å². The van der Waals surface area contributed by atoms with Crippen LogP contribution in [0.4, 0.5) is 5.82 Å². The van der Waals surface area contributed by atoms with Crippen molar-refractivity contribution in [1.82, 2.24) is 19.9 Å². The third kappa shape index (κ3) is 3.62. The number of piperidine rings is 1. The van der Waals surface area contributed by atoms with Crippen molar-refractivity contribution >= 4 is 17.4 Å². The normalized spacial score (nSPS) is 22.2. The Kier molecular flexibility index (Phi) is 4.85. The molecule has 0 radical (unpaired) electrons. The van der Waals surface area contributed by atoms with Crippen LogP contribution in [0.3, 0.4) is 0 Å². The predicted octanol–water partition coefficient (Wildman–Crippen LogP) is 2.64. The van der Waals surface area contributed by atoms with E-state index in [1.54, 1.807) is 6.20 Å². The number of hydrogen-bond donors (Lipinski definition) is 1. The number of anilines is 1. The van der Waals surface area contributed by atoms with Crippen molar-refractivity contribution in [2.75, 3.05) is 24.5 Å². The minimum absolute atomic E-state index is 0.0659. The number of fused-ring (bicyclic) bond motifs is 1. The maximum atomic E-state index is 12.7. The second-order valence-corrected chi connectivity index (χ2v) is 7.44. The van der Waals surface area contributed by atoms with Gasteiger partial charge in [-0.05, 0) is 37.7 Å². The number of amides is 1. The topological polar surface area (TPSA) is 62.5 Å². The highest BCUT2D eigenvalue weighted by molar-refractivity contribution is 5.79. The summed E-state index contributed by atoms with van der Waals surface area (Å²) in [5, 5.41) is 7.60. The van der Waals surface area contributed by atoms with Crippen LogP contribution in [0.15, 0.2) is 24.5 Å². The summed E-state index contributed by atoms with van der Waals surface area (Å²) in [5.41, 5.74) is 0.848. The van der Waals surface area contributed by atoms with E-state index in [1.165, 1.54) is 32.1 Å². The molecule has 2 aromatic rings. The Balaban J connectivity index is 1.38. The quantitative estimate of drug-likeness (QED) is 0.929. The van der Waals surface area contributed by atoms with Crippen molar-refractivity contribution in [2.24, 2.45) is 11.8 Å².